The molecule has 154 valence electrons. The van der Waals surface area contributed by atoms with Crippen LogP contribution in [-0.4, -0.2) is 20.3 Å². The molecule has 0 aliphatic rings. The van der Waals surface area contributed by atoms with Gasteiger partial charge in [-0.15, -0.1) is 0 Å². The van der Waals surface area contributed by atoms with Crippen molar-refractivity contribution in [3.8, 4) is 0 Å². The molecule has 1 heterocycles. The molecule has 1 N–H and O–H groups in total. The summed E-state index contributed by atoms with van der Waals surface area (Å²) in [6.07, 6.45) is 5.41. The van der Waals surface area contributed by atoms with Crippen molar-refractivity contribution in [1.29, 1.82) is 0 Å². The Balaban J connectivity index is 1.46. The highest BCUT2D eigenvalue weighted by molar-refractivity contribution is 6.09. The molecular weight excluding hydrogens is 392 g/mol. The number of aromatic nitrogens is 2. The molecule has 7 nitrogen and oxygen atoms in total. The zero-order valence-electron chi connectivity index (χ0n) is 16.6. The van der Waals surface area contributed by atoms with Crippen molar-refractivity contribution in [1.82, 2.24) is 9.55 Å². The van der Waals surface area contributed by atoms with Crippen molar-refractivity contribution in [3.05, 3.63) is 124 Å². The number of nitrogens with one attached hydrogen (secondary N) is 1. The summed E-state index contributed by atoms with van der Waals surface area (Å²) in [5.41, 5.74) is 3.15. The van der Waals surface area contributed by atoms with Crippen molar-refractivity contribution < 1.29 is 9.72 Å². The summed E-state index contributed by atoms with van der Waals surface area (Å²) >= 11 is 0. The first-order chi connectivity index (χ1) is 15.1. The van der Waals surface area contributed by atoms with Gasteiger partial charge in [0.1, 0.15) is 5.69 Å². The molecular formula is C24H20N4O3. The van der Waals surface area contributed by atoms with Crippen LogP contribution in [0.15, 0.2) is 91.5 Å². The zero-order chi connectivity index (χ0) is 21.6. The molecule has 0 amide bonds. The third-order valence-electron chi connectivity index (χ3n) is 4.92. The van der Waals surface area contributed by atoms with Gasteiger partial charge < -0.3 is 9.88 Å². The first kappa shape index (κ1) is 20.0. The van der Waals surface area contributed by atoms with Gasteiger partial charge in [-0.3, -0.25) is 14.9 Å². The summed E-state index contributed by atoms with van der Waals surface area (Å²) in [4.78, 5) is 27.8. The third kappa shape index (κ3) is 4.84. The quantitative estimate of drug-likeness (QED) is 0.258. The van der Waals surface area contributed by atoms with Gasteiger partial charge >= 0.3 is 0 Å². The lowest BCUT2D eigenvalue weighted by Gasteiger charge is -2.10. The average molecular weight is 412 g/mol. The lowest BCUT2D eigenvalue weighted by Crippen LogP contribution is -2.06. The number of carbonyl (C=O) groups is 1. The van der Waals surface area contributed by atoms with Crippen LogP contribution in [0.1, 0.15) is 27.0 Å². The predicted molar refractivity (Wildman–Crippen MR) is 118 cm³/mol. The van der Waals surface area contributed by atoms with E-state index in [4.69, 9.17) is 0 Å². The molecule has 7 heteroatoms. The van der Waals surface area contributed by atoms with E-state index in [9.17, 15) is 14.9 Å². The van der Waals surface area contributed by atoms with Crippen LogP contribution in [0.5, 0.6) is 0 Å². The van der Waals surface area contributed by atoms with Gasteiger partial charge in [-0.25, -0.2) is 4.98 Å². The monoisotopic (exact) mass is 412 g/mol. The first-order valence-corrected chi connectivity index (χ1v) is 9.76. The minimum absolute atomic E-state index is 0.126. The second-order valence-corrected chi connectivity index (χ2v) is 7.09. The normalized spacial score (nSPS) is 10.6. The molecule has 0 aliphatic heterocycles. The van der Waals surface area contributed by atoms with Crippen molar-refractivity contribution >= 4 is 17.2 Å². The van der Waals surface area contributed by atoms with Gasteiger partial charge in [0.2, 0.25) is 0 Å². The average Bonchev–Trinajstić information content (AvgIpc) is 3.31. The number of ketones is 1. The number of hydrogen-bond acceptors (Lipinski definition) is 5. The van der Waals surface area contributed by atoms with E-state index < -0.39 is 4.92 Å². The Hall–Kier alpha value is -4.26. The predicted octanol–water partition coefficient (Wildman–Crippen LogP) is 4.68. The maximum atomic E-state index is 12.6. The Morgan fingerprint density at radius 1 is 0.968 bits per heavy atom. The maximum Gasteiger partial charge on any atom is 0.293 e. The van der Waals surface area contributed by atoms with E-state index in [1.165, 1.54) is 6.07 Å². The third-order valence-corrected chi connectivity index (χ3v) is 4.92. The lowest BCUT2D eigenvalue weighted by atomic mass is 10.0. The van der Waals surface area contributed by atoms with E-state index in [1.54, 1.807) is 48.9 Å². The molecule has 0 spiro atoms. The van der Waals surface area contributed by atoms with Crippen molar-refractivity contribution in [2.45, 2.75) is 13.1 Å². The Bertz CT molecular complexity index is 1190. The standard InChI is InChI=1S/C24H20N4O3/c29-24(20-4-2-1-3-5-20)21-10-11-22(23(14-21)28(30)31)26-15-18-6-8-19(9-7-18)16-27-13-12-25-17-27/h1-14,17,26H,15-16H2. The number of rotatable bonds is 8. The number of imidazole rings is 1. The summed E-state index contributed by atoms with van der Waals surface area (Å²) in [6.45, 7) is 1.16. The molecule has 4 aromatic rings. The van der Waals surface area contributed by atoms with Gasteiger partial charge in [-0.1, -0.05) is 54.6 Å². The molecule has 0 saturated carbocycles. The molecule has 0 atom stereocenters. The number of hydrogen-bond donors (Lipinski definition) is 1. The molecule has 0 fully saturated rings. The van der Waals surface area contributed by atoms with Crippen LogP contribution >= 0.6 is 0 Å². The number of carbonyl (C=O) groups excluding carboxylic acids is 1. The van der Waals surface area contributed by atoms with E-state index in [1.807, 2.05) is 41.1 Å². The Labute approximate surface area is 179 Å². The van der Waals surface area contributed by atoms with E-state index in [-0.39, 0.29) is 17.0 Å². The molecule has 0 radical (unpaired) electrons. The van der Waals surface area contributed by atoms with Gasteiger partial charge in [0.05, 0.1) is 11.3 Å². The minimum atomic E-state index is -0.474. The number of nitro groups is 1. The topological polar surface area (TPSA) is 90.1 Å². The van der Waals surface area contributed by atoms with Crippen LogP contribution in [0.3, 0.4) is 0 Å². The van der Waals surface area contributed by atoms with Crippen LogP contribution < -0.4 is 5.32 Å². The highest BCUT2D eigenvalue weighted by Gasteiger charge is 2.18. The minimum Gasteiger partial charge on any atom is -0.375 e. The molecule has 0 unspecified atom stereocenters. The van der Waals surface area contributed by atoms with Gasteiger partial charge in [0, 0.05) is 42.7 Å². The van der Waals surface area contributed by atoms with Gasteiger partial charge in [-0.05, 0) is 23.3 Å². The SMILES string of the molecule is O=C(c1ccccc1)c1ccc(NCc2ccc(Cn3ccnc3)cc2)c([N+](=O)[O-])c1. The summed E-state index contributed by atoms with van der Waals surface area (Å²) in [5, 5.41) is 14.7. The molecule has 0 bridgehead atoms. The number of anilines is 1. The summed E-state index contributed by atoms with van der Waals surface area (Å²) < 4.78 is 1.98. The zero-order valence-corrected chi connectivity index (χ0v) is 16.6. The van der Waals surface area contributed by atoms with Crippen LogP contribution in [0, 0.1) is 10.1 Å². The number of nitrogens with zero attached hydrogens (tertiary/aromatic N) is 3. The smallest absolute Gasteiger partial charge is 0.293 e. The second kappa shape index (κ2) is 9.04. The Morgan fingerprint density at radius 3 is 2.39 bits per heavy atom. The Morgan fingerprint density at radius 2 is 1.71 bits per heavy atom. The van der Waals surface area contributed by atoms with E-state index in [0.717, 1.165) is 17.7 Å². The molecule has 31 heavy (non-hydrogen) atoms. The van der Waals surface area contributed by atoms with Crippen molar-refractivity contribution in [2.75, 3.05) is 5.32 Å². The highest BCUT2D eigenvalue weighted by Crippen LogP contribution is 2.27. The summed E-state index contributed by atoms with van der Waals surface area (Å²) in [6, 6.07) is 21.3. The molecule has 0 aliphatic carbocycles. The fourth-order valence-corrected chi connectivity index (χ4v) is 3.28. The molecule has 0 saturated heterocycles. The molecule has 4 rings (SSSR count). The Kier molecular flexibility index (Phi) is 5.84. The van der Waals surface area contributed by atoms with Gasteiger partial charge in [0.15, 0.2) is 5.78 Å². The van der Waals surface area contributed by atoms with Crippen molar-refractivity contribution in [3.63, 3.8) is 0 Å². The maximum absolute atomic E-state index is 12.6. The van der Waals surface area contributed by atoms with Crippen LogP contribution in [-0.2, 0) is 13.1 Å². The van der Waals surface area contributed by atoms with E-state index in [0.29, 0.717) is 17.8 Å². The molecule has 1 aromatic heterocycles. The lowest BCUT2D eigenvalue weighted by molar-refractivity contribution is -0.384. The fraction of sp³-hybridized carbons (Fsp3) is 0.0833. The van der Waals surface area contributed by atoms with Crippen molar-refractivity contribution in [2.24, 2.45) is 0 Å². The largest absolute Gasteiger partial charge is 0.375 e. The van der Waals surface area contributed by atoms with Crippen LogP contribution in [0.2, 0.25) is 0 Å². The second-order valence-electron chi connectivity index (χ2n) is 7.09. The molecule has 3 aromatic carbocycles. The van der Waals surface area contributed by atoms with Gasteiger partial charge in [0.25, 0.3) is 5.69 Å². The van der Waals surface area contributed by atoms with Crippen LogP contribution in [0.4, 0.5) is 11.4 Å². The summed E-state index contributed by atoms with van der Waals surface area (Å²) in [7, 11) is 0. The fourth-order valence-electron chi connectivity index (χ4n) is 3.28. The van der Waals surface area contributed by atoms with Crippen LogP contribution in [0.25, 0.3) is 0 Å². The number of nitro benzene ring substituents is 1. The van der Waals surface area contributed by atoms with E-state index in [2.05, 4.69) is 10.3 Å². The first-order valence-electron chi connectivity index (χ1n) is 9.76. The highest BCUT2D eigenvalue weighted by atomic mass is 16.6. The van der Waals surface area contributed by atoms with E-state index >= 15 is 0 Å². The number of benzene rings is 3. The van der Waals surface area contributed by atoms with Gasteiger partial charge in [-0.2, -0.15) is 0 Å². The summed E-state index contributed by atoms with van der Waals surface area (Å²) in [5.74, 6) is -0.247.